The molecular weight excluding hydrogens is 362 g/mol. The molecule has 7 heteroatoms. The van der Waals surface area contributed by atoms with E-state index in [2.05, 4.69) is 47.3 Å². The fourth-order valence-corrected chi connectivity index (χ4v) is 2.36. The molecule has 0 bridgehead atoms. The van der Waals surface area contributed by atoms with Gasteiger partial charge in [0.05, 0.1) is 6.20 Å². The molecule has 0 aliphatic carbocycles. The molecule has 156 valence electrons. The summed E-state index contributed by atoms with van der Waals surface area (Å²) >= 11 is 0. The molecule has 2 aromatic rings. The topological polar surface area (TPSA) is 116 Å². The minimum Gasteiger partial charge on any atom is -0.383 e. The Hall–Kier alpha value is -3.14. The maximum absolute atomic E-state index is 9.43. The third kappa shape index (κ3) is 7.07. The average Bonchev–Trinajstić information content (AvgIpc) is 2.74. The number of aromatic amines is 1. The number of aryl methyl sites for hydroxylation is 1. The fourth-order valence-electron chi connectivity index (χ4n) is 2.36. The zero-order valence-corrected chi connectivity index (χ0v) is 18.6. The van der Waals surface area contributed by atoms with E-state index in [1.54, 1.807) is 0 Å². The van der Waals surface area contributed by atoms with Crippen molar-refractivity contribution in [3.63, 3.8) is 0 Å². The zero-order chi connectivity index (χ0) is 22.0. The van der Waals surface area contributed by atoms with E-state index in [9.17, 15) is 5.26 Å². The van der Waals surface area contributed by atoms with Crippen LogP contribution >= 0.6 is 0 Å². The van der Waals surface area contributed by atoms with Crippen molar-refractivity contribution in [1.82, 2.24) is 20.2 Å². The van der Waals surface area contributed by atoms with Gasteiger partial charge in [-0.2, -0.15) is 10.4 Å². The summed E-state index contributed by atoms with van der Waals surface area (Å²) < 4.78 is 0. The molecule has 0 saturated heterocycles. The molecule has 0 aliphatic heterocycles. The van der Waals surface area contributed by atoms with E-state index in [0.717, 1.165) is 22.6 Å². The number of nitrogen functional groups attached to an aromatic ring is 1. The molecule has 7 nitrogen and oxygen atoms in total. The molecule has 2 aromatic heterocycles. The predicted octanol–water partition coefficient (Wildman–Crippen LogP) is 4.37. The van der Waals surface area contributed by atoms with E-state index < -0.39 is 0 Å². The van der Waals surface area contributed by atoms with Crippen LogP contribution in [0.3, 0.4) is 0 Å². The smallest absolute Gasteiger partial charge is 0.148 e. The van der Waals surface area contributed by atoms with E-state index in [4.69, 9.17) is 10.7 Å². The van der Waals surface area contributed by atoms with Crippen molar-refractivity contribution in [2.75, 3.05) is 17.6 Å². The molecule has 0 saturated carbocycles. The molecule has 0 unspecified atom stereocenters. The molecule has 2 rings (SSSR count). The summed E-state index contributed by atoms with van der Waals surface area (Å²) in [6, 6.07) is 8.17. The fraction of sp³-hybridized carbons (Fsp3) is 0.455. The largest absolute Gasteiger partial charge is 0.383 e. The van der Waals surface area contributed by atoms with Gasteiger partial charge in [0, 0.05) is 41.0 Å². The lowest BCUT2D eigenvalue weighted by Crippen LogP contribution is -2.15. The van der Waals surface area contributed by atoms with Crippen LogP contribution in [0.4, 0.5) is 11.6 Å². The Bertz CT molecular complexity index is 900. The van der Waals surface area contributed by atoms with Crippen LogP contribution in [0, 0.1) is 25.2 Å². The molecular formula is C22H33N7. The molecule has 0 amide bonds. The Morgan fingerprint density at radius 1 is 1.17 bits per heavy atom. The average molecular weight is 396 g/mol. The number of nitrogens with two attached hydrogens (primary N) is 1. The summed E-state index contributed by atoms with van der Waals surface area (Å²) in [5.74, 6) is 0.746. The van der Waals surface area contributed by atoms with E-state index in [-0.39, 0.29) is 5.41 Å². The van der Waals surface area contributed by atoms with Crippen LogP contribution in [0.5, 0.6) is 0 Å². The number of hydrogen-bond acceptors (Lipinski definition) is 6. The highest BCUT2D eigenvalue weighted by Gasteiger charge is 2.15. The summed E-state index contributed by atoms with van der Waals surface area (Å²) in [6.45, 7) is 14.7. The lowest BCUT2D eigenvalue weighted by atomic mass is 9.91. The van der Waals surface area contributed by atoms with Crippen molar-refractivity contribution in [2.24, 2.45) is 0 Å². The van der Waals surface area contributed by atoms with E-state index in [0.29, 0.717) is 30.2 Å². The van der Waals surface area contributed by atoms with Gasteiger partial charge in [-0.05, 0) is 26.0 Å². The molecule has 2 heterocycles. The van der Waals surface area contributed by atoms with Crippen LogP contribution in [0.15, 0.2) is 24.4 Å². The molecule has 4 N–H and O–H groups in total. The van der Waals surface area contributed by atoms with Gasteiger partial charge in [-0.3, -0.25) is 10.1 Å². The molecule has 29 heavy (non-hydrogen) atoms. The lowest BCUT2D eigenvalue weighted by Gasteiger charge is -2.18. The van der Waals surface area contributed by atoms with Gasteiger partial charge in [0.15, 0.2) is 0 Å². The van der Waals surface area contributed by atoms with Crippen molar-refractivity contribution in [3.8, 4) is 6.07 Å². The zero-order valence-electron chi connectivity index (χ0n) is 18.6. The number of aromatic nitrogens is 4. The van der Waals surface area contributed by atoms with Crippen LogP contribution in [0.1, 0.15) is 62.8 Å². The monoisotopic (exact) mass is 395 g/mol. The number of rotatable bonds is 4. The summed E-state index contributed by atoms with van der Waals surface area (Å²) in [5.41, 5.74) is 9.98. The van der Waals surface area contributed by atoms with Crippen molar-refractivity contribution >= 4 is 11.6 Å². The highest BCUT2D eigenvalue weighted by atomic mass is 15.1. The van der Waals surface area contributed by atoms with Crippen LogP contribution in [-0.2, 0) is 11.8 Å². The molecule has 0 aromatic carbocycles. The Morgan fingerprint density at radius 2 is 1.86 bits per heavy atom. The number of nitrogens with one attached hydrogen (secondary N) is 2. The van der Waals surface area contributed by atoms with Crippen LogP contribution in [0.25, 0.3) is 0 Å². The first-order valence-electron chi connectivity index (χ1n) is 9.88. The molecule has 0 aliphatic rings. The minimum absolute atomic E-state index is 0.00165. The molecule has 0 spiro atoms. The van der Waals surface area contributed by atoms with Crippen molar-refractivity contribution in [1.29, 1.82) is 5.26 Å². The van der Waals surface area contributed by atoms with E-state index >= 15 is 0 Å². The number of hydrogen-bond donors (Lipinski definition) is 3. The normalized spacial score (nSPS) is 10.3. The van der Waals surface area contributed by atoms with Gasteiger partial charge < -0.3 is 11.1 Å². The number of nitriles is 1. The highest BCUT2D eigenvalue weighted by Crippen LogP contribution is 2.20. The summed E-state index contributed by atoms with van der Waals surface area (Å²) in [6.07, 6.45) is 2.14. The summed E-state index contributed by atoms with van der Waals surface area (Å²) in [7, 11) is 0. The Morgan fingerprint density at radius 3 is 2.48 bits per heavy atom. The Kier molecular flexibility index (Phi) is 9.07. The minimum atomic E-state index is 0.00165. The van der Waals surface area contributed by atoms with Gasteiger partial charge >= 0.3 is 0 Å². The van der Waals surface area contributed by atoms with Crippen molar-refractivity contribution in [3.05, 3.63) is 52.6 Å². The van der Waals surface area contributed by atoms with Gasteiger partial charge in [0.2, 0.25) is 0 Å². The van der Waals surface area contributed by atoms with Crippen LogP contribution in [0.2, 0.25) is 0 Å². The molecule has 0 atom stereocenters. The molecule has 0 radical (unpaired) electrons. The number of nitrogens with zero attached hydrogens (tertiary/aromatic N) is 4. The second-order valence-electron chi connectivity index (χ2n) is 7.43. The van der Waals surface area contributed by atoms with Gasteiger partial charge in [-0.1, -0.05) is 40.7 Å². The van der Waals surface area contributed by atoms with Gasteiger partial charge in [0.1, 0.15) is 23.3 Å². The molecule has 0 fully saturated rings. The number of pyridine rings is 1. The highest BCUT2D eigenvalue weighted by molar-refractivity contribution is 5.53. The Labute approximate surface area is 174 Å². The number of H-pyrrole nitrogens is 1. The van der Waals surface area contributed by atoms with E-state index in [1.807, 2.05) is 45.9 Å². The SMILES string of the molecule is CC.Cc1[nH]ncc(C#N)c(NCCc2cccc(C(C)(C)C)n2)nc(N)c1C. The number of anilines is 2. The van der Waals surface area contributed by atoms with Crippen molar-refractivity contribution in [2.45, 2.75) is 60.3 Å². The second kappa shape index (κ2) is 11.0. The van der Waals surface area contributed by atoms with Crippen molar-refractivity contribution < 1.29 is 0 Å². The third-order valence-electron chi connectivity index (χ3n) is 4.23. The standard InChI is InChI=1S/C20H27N7.C2H6/c1-13-14(2)27-24-12-15(11-21)19(26-18(13)22)23-10-9-16-7-6-8-17(25-16)20(3,4)5;1-2/h6-8,12,23,27H,9-10H2,1-5H3,(H2,22,26);1-2H3. The first-order chi connectivity index (χ1) is 13.7. The third-order valence-corrected chi connectivity index (χ3v) is 4.23. The summed E-state index contributed by atoms with van der Waals surface area (Å²) in [4.78, 5) is 9.12. The quantitative estimate of drug-likeness (QED) is 0.707. The second-order valence-corrected chi connectivity index (χ2v) is 7.43. The van der Waals surface area contributed by atoms with E-state index in [1.165, 1.54) is 6.20 Å². The Balaban J connectivity index is 0.00000204. The maximum atomic E-state index is 9.43. The maximum Gasteiger partial charge on any atom is 0.148 e. The van der Waals surface area contributed by atoms with Gasteiger partial charge in [-0.15, -0.1) is 0 Å². The van der Waals surface area contributed by atoms with Gasteiger partial charge in [0.25, 0.3) is 0 Å². The summed E-state index contributed by atoms with van der Waals surface area (Å²) in [5, 5.41) is 19.6. The van der Waals surface area contributed by atoms with Gasteiger partial charge in [-0.25, -0.2) is 4.98 Å². The van der Waals surface area contributed by atoms with Crippen LogP contribution < -0.4 is 11.1 Å². The predicted molar refractivity (Wildman–Crippen MR) is 119 cm³/mol. The first kappa shape index (κ1) is 23.9. The lowest BCUT2D eigenvalue weighted by molar-refractivity contribution is 0.565. The van der Waals surface area contributed by atoms with Crippen LogP contribution in [-0.4, -0.2) is 26.7 Å². The first-order valence-corrected chi connectivity index (χ1v) is 9.88.